The van der Waals surface area contributed by atoms with Gasteiger partial charge in [0.05, 0.1) is 11.4 Å². The van der Waals surface area contributed by atoms with Crippen LogP contribution in [0.1, 0.15) is 21.5 Å². The molecule has 3 aromatic rings. The summed E-state index contributed by atoms with van der Waals surface area (Å²) in [5.41, 5.74) is 3.56. The predicted octanol–water partition coefficient (Wildman–Crippen LogP) is 3.74. The molecule has 0 atom stereocenters. The fourth-order valence-corrected chi connectivity index (χ4v) is 3.91. The highest BCUT2D eigenvalue weighted by atomic mass is 16.7. The van der Waals surface area contributed by atoms with E-state index in [4.69, 9.17) is 14.2 Å². The standard InChI is InChI=1S/C24H19NO6/c26-20-12-22-21(30-14-31-22)11-17(20)24(28)29-13-23(27)25-18-7-3-1-5-15(18)9-10-16-6-2-4-8-19(16)25/h1-8,11-12,26H,9-10,13-14H2. The van der Waals surface area contributed by atoms with Crippen molar-refractivity contribution in [3.05, 3.63) is 77.4 Å². The summed E-state index contributed by atoms with van der Waals surface area (Å²) in [6, 6.07) is 18.1. The number of rotatable bonds is 3. The quantitative estimate of drug-likeness (QED) is 0.654. The van der Waals surface area contributed by atoms with Gasteiger partial charge in [-0.05, 0) is 36.1 Å². The number of carbonyl (C=O) groups is 2. The van der Waals surface area contributed by atoms with Crippen molar-refractivity contribution in [2.45, 2.75) is 12.8 Å². The number of aryl methyl sites for hydroxylation is 2. The van der Waals surface area contributed by atoms with Gasteiger partial charge < -0.3 is 19.3 Å². The Morgan fingerprint density at radius 3 is 2.13 bits per heavy atom. The number of benzene rings is 3. The highest BCUT2D eigenvalue weighted by molar-refractivity contribution is 6.04. The molecular formula is C24H19NO6. The number of aromatic hydroxyl groups is 1. The molecule has 1 N–H and O–H groups in total. The molecule has 0 spiro atoms. The molecule has 0 radical (unpaired) electrons. The maximum Gasteiger partial charge on any atom is 0.342 e. The molecule has 2 aliphatic rings. The molecule has 31 heavy (non-hydrogen) atoms. The summed E-state index contributed by atoms with van der Waals surface area (Å²) in [6.07, 6.45) is 1.61. The van der Waals surface area contributed by atoms with Crippen LogP contribution in [0.3, 0.4) is 0 Å². The Kier molecular flexibility index (Phi) is 4.71. The Labute approximate surface area is 178 Å². The molecule has 1 amide bonds. The first-order chi connectivity index (χ1) is 15.1. The maximum absolute atomic E-state index is 13.2. The van der Waals surface area contributed by atoms with E-state index in [1.807, 2.05) is 48.5 Å². The van der Waals surface area contributed by atoms with E-state index >= 15 is 0 Å². The van der Waals surface area contributed by atoms with Crippen LogP contribution in [0.15, 0.2) is 60.7 Å². The number of phenols is 1. The topological polar surface area (TPSA) is 85.3 Å². The smallest absolute Gasteiger partial charge is 0.342 e. The normalized spacial score (nSPS) is 13.7. The third-order valence-electron chi connectivity index (χ3n) is 5.42. The van der Waals surface area contributed by atoms with Crippen molar-refractivity contribution in [2.24, 2.45) is 0 Å². The van der Waals surface area contributed by atoms with Gasteiger partial charge in [-0.3, -0.25) is 9.69 Å². The van der Waals surface area contributed by atoms with Gasteiger partial charge in [0.2, 0.25) is 6.79 Å². The van der Waals surface area contributed by atoms with Crippen LogP contribution in [0.25, 0.3) is 0 Å². The monoisotopic (exact) mass is 417 g/mol. The Bertz CT molecular complexity index is 1140. The molecule has 0 saturated heterocycles. The first-order valence-electron chi connectivity index (χ1n) is 9.90. The Morgan fingerprint density at radius 1 is 0.903 bits per heavy atom. The fourth-order valence-electron chi connectivity index (χ4n) is 3.91. The van der Waals surface area contributed by atoms with E-state index in [9.17, 15) is 14.7 Å². The molecule has 0 aliphatic carbocycles. The highest BCUT2D eigenvalue weighted by Gasteiger charge is 2.27. The van der Waals surface area contributed by atoms with Crippen molar-refractivity contribution in [1.82, 2.24) is 0 Å². The Hall–Kier alpha value is -4.00. The lowest BCUT2D eigenvalue weighted by molar-refractivity contribution is -0.121. The van der Waals surface area contributed by atoms with Crippen LogP contribution in [-0.4, -0.2) is 30.4 Å². The van der Waals surface area contributed by atoms with Crippen LogP contribution in [0.4, 0.5) is 11.4 Å². The minimum absolute atomic E-state index is 0.0134. The van der Waals surface area contributed by atoms with E-state index in [1.165, 1.54) is 12.1 Å². The molecular weight excluding hydrogens is 398 g/mol. The fraction of sp³-hybridized carbons (Fsp3) is 0.167. The largest absolute Gasteiger partial charge is 0.507 e. The van der Waals surface area contributed by atoms with Crippen LogP contribution in [-0.2, 0) is 22.4 Å². The molecule has 5 rings (SSSR count). The van der Waals surface area contributed by atoms with Crippen molar-refractivity contribution >= 4 is 23.3 Å². The Balaban J connectivity index is 1.40. The van der Waals surface area contributed by atoms with E-state index in [1.54, 1.807) is 4.90 Å². The van der Waals surface area contributed by atoms with Gasteiger partial charge >= 0.3 is 5.97 Å². The molecule has 156 valence electrons. The van der Waals surface area contributed by atoms with Crippen LogP contribution >= 0.6 is 0 Å². The molecule has 3 aromatic carbocycles. The van der Waals surface area contributed by atoms with Gasteiger partial charge in [0.15, 0.2) is 18.1 Å². The summed E-state index contributed by atoms with van der Waals surface area (Å²) in [5.74, 6) is -0.808. The lowest BCUT2D eigenvalue weighted by atomic mass is 10.0. The third-order valence-corrected chi connectivity index (χ3v) is 5.42. The van der Waals surface area contributed by atoms with E-state index in [0.717, 1.165) is 35.3 Å². The third kappa shape index (κ3) is 3.44. The number of fused-ring (bicyclic) bond motifs is 3. The SMILES string of the molecule is O=C(OCC(=O)N1c2ccccc2CCc2ccccc21)c1cc2c(cc1O)OCO2. The van der Waals surface area contributed by atoms with Crippen molar-refractivity contribution < 1.29 is 28.9 Å². The molecule has 0 unspecified atom stereocenters. The zero-order chi connectivity index (χ0) is 21.4. The first-order valence-corrected chi connectivity index (χ1v) is 9.90. The zero-order valence-corrected chi connectivity index (χ0v) is 16.5. The lowest BCUT2D eigenvalue weighted by Gasteiger charge is -2.24. The average Bonchev–Trinajstić information content (AvgIpc) is 3.17. The second kappa shape index (κ2) is 7.68. The molecule has 0 saturated carbocycles. The minimum Gasteiger partial charge on any atom is -0.507 e. The van der Waals surface area contributed by atoms with Gasteiger partial charge in [0.25, 0.3) is 5.91 Å². The number of ether oxygens (including phenoxy) is 3. The van der Waals surface area contributed by atoms with Crippen LogP contribution in [0, 0.1) is 0 Å². The van der Waals surface area contributed by atoms with Gasteiger partial charge in [0, 0.05) is 12.1 Å². The molecule has 7 nitrogen and oxygen atoms in total. The van der Waals surface area contributed by atoms with Gasteiger partial charge in [-0.15, -0.1) is 0 Å². The summed E-state index contributed by atoms with van der Waals surface area (Å²) in [4.78, 5) is 27.4. The van der Waals surface area contributed by atoms with Crippen molar-refractivity contribution in [1.29, 1.82) is 0 Å². The Morgan fingerprint density at radius 2 is 1.48 bits per heavy atom. The number of hydrogen-bond acceptors (Lipinski definition) is 6. The van der Waals surface area contributed by atoms with Crippen LogP contribution < -0.4 is 14.4 Å². The van der Waals surface area contributed by atoms with E-state index in [0.29, 0.717) is 11.5 Å². The predicted molar refractivity (Wildman–Crippen MR) is 112 cm³/mol. The summed E-state index contributed by atoms with van der Waals surface area (Å²) >= 11 is 0. The van der Waals surface area contributed by atoms with Gasteiger partial charge in [0.1, 0.15) is 11.3 Å². The number of esters is 1. The van der Waals surface area contributed by atoms with E-state index < -0.39 is 12.6 Å². The van der Waals surface area contributed by atoms with Crippen molar-refractivity contribution in [3.63, 3.8) is 0 Å². The lowest BCUT2D eigenvalue weighted by Crippen LogP contribution is -2.31. The van der Waals surface area contributed by atoms with Crippen molar-refractivity contribution in [3.8, 4) is 17.2 Å². The van der Waals surface area contributed by atoms with E-state index in [-0.39, 0.29) is 24.0 Å². The summed E-state index contributed by atoms with van der Waals surface area (Å²) in [7, 11) is 0. The number of anilines is 2. The van der Waals surface area contributed by atoms with Gasteiger partial charge in [-0.2, -0.15) is 0 Å². The summed E-state index contributed by atoms with van der Waals surface area (Å²) in [5, 5.41) is 10.1. The molecule has 0 fully saturated rings. The molecule has 2 aliphatic heterocycles. The molecule has 2 heterocycles. The second-order valence-corrected chi connectivity index (χ2v) is 7.29. The van der Waals surface area contributed by atoms with Crippen LogP contribution in [0.2, 0.25) is 0 Å². The molecule has 0 aromatic heterocycles. The highest BCUT2D eigenvalue weighted by Crippen LogP contribution is 2.38. The molecule has 7 heteroatoms. The number of nitrogens with zero attached hydrogens (tertiary/aromatic N) is 1. The summed E-state index contributed by atoms with van der Waals surface area (Å²) < 4.78 is 15.7. The maximum atomic E-state index is 13.2. The van der Waals surface area contributed by atoms with Crippen LogP contribution in [0.5, 0.6) is 17.2 Å². The number of hydrogen-bond donors (Lipinski definition) is 1. The number of para-hydroxylation sites is 2. The van der Waals surface area contributed by atoms with Gasteiger partial charge in [-0.25, -0.2) is 4.79 Å². The zero-order valence-electron chi connectivity index (χ0n) is 16.5. The number of amides is 1. The average molecular weight is 417 g/mol. The number of carbonyl (C=O) groups excluding carboxylic acids is 2. The first kappa shape index (κ1) is 19.0. The van der Waals surface area contributed by atoms with E-state index in [2.05, 4.69) is 0 Å². The minimum atomic E-state index is -0.819. The van der Waals surface area contributed by atoms with Crippen molar-refractivity contribution in [2.75, 3.05) is 18.3 Å². The summed E-state index contributed by atoms with van der Waals surface area (Å²) in [6.45, 7) is -0.463. The number of phenolic OH excluding ortho intramolecular Hbond substituents is 1. The second-order valence-electron chi connectivity index (χ2n) is 7.29. The van der Waals surface area contributed by atoms with Gasteiger partial charge in [-0.1, -0.05) is 36.4 Å². The molecule has 0 bridgehead atoms.